The van der Waals surface area contributed by atoms with Crippen molar-refractivity contribution < 1.29 is 5.11 Å². The molecule has 0 fully saturated rings. The third-order valence-corrected chi connectivity index (χ3v) is 4.26. The maximum absolute atomic E-state index is 10.2. The summed E-state index contributed by atoms with van der Waals surface area (Å²) in [6.45, 7) is 3.53. The molecule has 0 unspecified atom stereocenters. The molecule has 0 aromatic carbocycles. The van der Waals surface area contributed by atoms with Crippen LogP contribution in [-0.2, 0) is 0 Å². The first-order valence-corrected chi connectivity index (χ1v) is 8.17. The molecular formula is C19H16N6O. The Hall–Kier alpha value is -3.50. The lowest BCUT2D eigenvalue weighted by Crippen LogP contribution is -2.09. The SMILES string of the molecule is Cc1cc(C#N)nn1-c1nc(-c2cnn3ccccc23)ccc1[C@@H](C)O. The average molecular weight is 344 g/mol. The highest BCUT2D eigenvalue weighted by Crippen LogP contribution is 2.28. The lowest BCUT2D eigenvalue weighted by atomic mass is 10.1. The zero-order valence-corrected chi connectivity index (χ0v) is 14.3. The van der Waals surface area contributed by atoms with Gasteiger partial charge >= 0.3 is 0 Å². The van der Waals surface area contributed by atoms with E-state index in [9.17, 15) is 5.11 Å². The van der Waals surface area contributed by atoms with Gasteiger partial charge in [0, 0.05) is 23.0 Å². The fourth-order valence-electron chi connectivity index (χ4n) is 2.98. The molecule has 1 atom stereocenters. The van der Waals surface area contributed by atoms with Crippen molar-refractivity contribution in [1.29, 1.82) is 5.26 Å². The van der Waals surface area contributed by atoms with Crippen molar-refractivity contribution in [2.45, 2.75) is 20.0 Å². The molecule has 0 aliphatic heterocycles. The van der Waals surface area contributed by atoms with E-state index in [1.165, 1.54) is 0 Å². The first-order chi connectivity index (χ1) is 12.6. The van der Waals surface area contributed by atoms with E-state index in [1.807, 2.05) is 49.5 Å². The number of aromatic nitrogens is 5. The molecule has 0 spiro atoms. The summed E-state index contributed by atoms with van der Waals surface area (Å²) in [5.74, 6) is 0.506. The summed E-state index contributed by atoms with van der Waals surface area (Å²) in [5.41, 5.74) is 4.26. The van der Waals surface area contributed by atoms with Gasteiger partial charge in [-0.05, 0) is 38.1 Å². The summed E-state index contributed by atoms with van der Waals surface area (Å²) in [6.07, 6.45) is 2.92. The van der Waals surface area contributed by atoms with Crippen LogP contribution < -0.4 is 0 Å². The predicted octanol–water partition coefficient (Wildman–Crippen LogP) is 2.82. The zero-order chi connectivity index (χ0) is 18.3. The Morgan fingerprint density at radius 3 is 2.81 bits per heavy atom. The minimum absolute atomic E-state index is 0.308. The molecule has 7 heteroatoms. The number of fused-ring (bicyclic) bond motifs is 1. The third-order valence-electron chi connectivity index (χ3n) is 4.26. The largest absolute Gasteiger partial charge is 0.389 e. The highest BCUT2D eigenvalue weighted by molar-refractivity contribution is 5.78. The van der Waals surface area contributed by atoms with Crippen LogP contribution in [0.2, 0.25) is 0 Å². The lowest BCUT2D eigenvalue weighted by molar-refractivity contribution is 0.198. The normalized spacial score (nSPS) is 12.2. The molecule has 26 heavy (non-hydrogen) atoms. The first kappa shape index (κ1) is 16.0. The fraction of sp³-hybridized carbons (Fsp3) is 0.158. The van der Waals surface area contributed by atoms with E-state index in [4.69, 9.17) is 10.2 Å². The molecule has 4 aromatic rings. The molecule has 4 heterocycles. The van der Waals surface area contributed by atoms with Crippen LogP contribution >= 0.6 is 0 Å². The Morgan fingerprint density at radius 1 is 1.23 bits per heavy atom. The zero-order valence-electron chi connectivity index (χ0n) is 14.3. The number of aliphatic hydroxyl groups excluding tert-OH is 1. The van der Waals surface area contributed by atoms with Gasteiger partial charge in [-0.3, -0.25) is 0 Å². The molecule has 4 rings (SSSR count). The van der Waals surface area contributed by atoms with Gasteiger partial charge in [0.25, 0.3) is 0 Å². The second kappa shape index (κ2) is 6.10. The molecule has 0 aliphatic carbocycles. The third kappa shape index (κ3) is 2.53. The molecule has 0 aliphatic rings. The summed E-state index contributed by atoms with van der Waals surface area (Å²) in [7, 11) is 0. The van der Waals surface area contributed by atoms with E-state index in [1.54, 1.807) is 28.4 Å². The van der Waals surface area contributed by atoms with E-state index < -0.39 is 6.10 Å². The number of rotatable bonds is 3. The maximum atomic E-state index is 10.2. The van der Waals surface area contributed by atoms with Gasteiger partial charge in [0.15, 0.2) is 11.5 Å². The second-order valence-corrected chi connectivity index (χ2v) is 6.07. The summed E-state index contributed by atoms with van der Waals surface area (Å²) in [6, 6.07) is 13.3. The first-order valence-electron chi connectivity index (χ1n) is 8.17. The van der Waals surface area contributed by atoms with Gasteiger partial charge in [0.05, 0.1) is 23.5 Å². The number of nitrogens with zero attached hydrogens (tertiary/aromatic N) is 6. The summed E-state index contributed by atoms with van der Waals surface area (Å²) in [5, 5.41) is 27.9. The van der Waals surface area contributed by atoms with E-state index >= 15 is 0 Å². The summed E-state index contributed by atoms with van der Waals surface area (Å²) >= 11 is 0. The highest BCUT2D eigenvalue weighted by atomic mass is 16.3. The molecule has 0 radical (unpaired) electrons. The number of hydrogen-bond donors (Lipinski definition) is 1. The quantitative estimate of drug-likeness (QED) is 0.617. The van der Waals surface area contributed by atoms with Gasteiger partial charge in [-0.25, -0.2) is 14.2 Å². The topological polar surface area (TPSA) is 92.0 Å². The molecule has 4 aromatic heterocycles. The maximum Gasteiger partial charge on any atom is 0.163 e. The lowest BCUT2D eigenvalue weighted by Gasteiger charge is -2.14. The monoisotopic (exact) mass is 344 g/mol. The molecule has 7 nitrogen and oxygen atoms in total. The summed E-state index contributed by atoms with van der Waals surface area (Å²) in [4.78, 5) is 4.74. The van der Waals surface area contributed by atoms with Crippen molar-refractivity contribution in [2.24, 2.45) is 0 Å². The Kier molecular flexibility index (Phi) is 3.75. The highest BCUT2D eigenvalue weighted by Gasteiger charge is 2.17. The number of pyridine rings is 2. The van der Waals surface area contributed by atoms with E-state index in [2.05, 4.69) is 10.2 Å². The minimum Gasteiger partial charge on any atom is -0.389 e. The van der Waals surface area contributed by atoms with Crippen LogP contribution in [0.3, 0.4) is 0 Å². The predicted molar refractivity (Wildman–Crippen MR) is 95.6 cm³/mol. The van der Waals surface area contributed by atoms with Crippen LogP contribution in [0.5, 0.6) is 0 Å². The van der Waals surface area contributed by atoms with Crippen molar-refractivity contribution in [3.8, 4) is 23.1 Å². The Morgan fingerprint density at radius 2 is 2.08 bits per heavy atom. The number of aryl methyl sites for hydroxylation is 1. The van der Waals surface area contributed by atoms with Gasteiger partial charge in [-0.1, -0.05) is 12.1 Å². The minimum atomic E-state index is -0.718. The van der Waals surface area contributed by atoms with Gasteiger partial charge in [0.2, 0.25) is 0 Å². The van der Waals surface area contributed by atoms with Gasteiger partial charge in [-0.2, -0.15) is 15.5 Å². The molecule has 1 N–H and O–H groups in total. The van der Waals surface area contributed by atoms with E-state index in [0.717, 1.165) is 22.5 Å². The van der Waals surface area contributed by atoms with E-state index in [0.29, 0.717) is 17.1 Å². The van der Waals surface area contributed by atoms with Crippen LogP contribution in [0.25, 0.3) is 22.6 Å². The number of hydrogen-bond acceptors (Lipinski definition) is 5. The molecule has 0 amide bonds. The Labute approximate surface area is 149 Å². The molecule has 128 valence electrons. The van der Waals surface area contributed by atoms with Crippen LogP contribution in [0.1, 0.15) is 30.0 Å². The Balaban J connectivity index is 1.94. The molecule has 0 saturated heterocycles. The fourth-order valence-corrected chi connectivity index (χ4v) is 2.98. The van der Waals surface area contributed by atoms with Crippen molar-refractivity contribution in [3.05, 3.63) is 65.7 Å². The van der Waals surface area contributed by atoms with Crippen LogP contribution in [-0.4, -0.2) is 29.5 Å². The molecular weight excluding hydrogens is 328 g/mol. The van der Waals surface area contributed by atoms with Crippen molar-refractivity contribution >= 4 is 5.52 Å². The van der Waals surface area contributed by atoms with Crippen LogP contribution in [0, 0.1) is 18.3 Å². The van der Waals surface area contributed by atoms with Crippen LogP contribution in [0.15, 0.2) is 48.8 Å². The van der Waals surface area contributed by atoms with Crippen molar-refractivity contribution in [2.75, 3.05) is 0 Å². The smallest absolute Gasteiger partial charge is 0.163 e. The number of nitriles is 1. The summed E-state index contributed by atoms with van der Waals surface area (Å²) < 4.78 is 3.38. The van der Waals surface area contributed by atoms with Gasteiger partial charge < -0.3 is 5.11 Å². The van der Waals surface area contributed by atoms with Crippen molar-refractivity contribution in [1.82, 2.24) is 24.4 Å². The standard InChI is InChI=1S/C19H16N6O/c1-12-9-14(10-20)23-25(12)19-15(13(2)26)6-7-17(22-19)16-11-21-24-8-4-3-5-18(16)24/h3-9,11,13,26H,1-2H3/t13-/m1/s1. The van der Waals surface area contributed by atoms with Gasteiger partial charge in [-0.15, -0.1) is 0 Å². The van der Waals surface area contributed by atoms with E-state index in [-0.39, 0.29) is 0 Å². The van der Waals surface area contributed by atoms with Gasteiger partial charge in [0.1, 0.15) is 6.07 Å². The number of aliphatic hydroxyl groups is 1. The molecule has 0 bridgehead atoms. The molecule has 0 saturated carbocycles. The van der Waals surface area contributed by atoms with Crippen molar-refractivity contribution in [3.63, 3.8) is 0 Å². The average Bonchev–Trinajstić information content (AvgIpc) is 3.24. The second-order valence-electron chi connectivity index (χ2n) is 6.07. The van der Waals surface area contributed by atoms with Crippen LogP contribution in [0.4, 0.5) is 0 Å². The Bertz CT molecular complexity index is 1150.